The Morgan fingerprint density at radius 3 is 2.82 bits per heavy atom. The minimum atomic E-state index is -1.35. The van der Waals surface area contributed by atoms with Crippen molar-refractivity contribution < 1.29 is 38.8 Å². The van der Waals surface area contributed by atoms with E-state index in [1.165, 1.54) is 29.0 Å². The molecule has 14 nitrogen and oxygen atoms in total. The van der Waals surface area contributed by atoms with Crippen molar-refractivity contribution in [2.45, 2.75) is 31.0 Å². The Morgan fingerprint density at radius 1 is 1.33 bits per heavy atom. The standard InChI is InChI=1S/C23H21N7O7S2/c1-11(21(33)34)37-27-15(13-10-39-23(24)25-13)18(31)26-16-19(32)30-17(22(35)36)12(9-38-20(16)30)8-29-7-6-28-5-3-2-4-14(28)29/h2-7,10-11,16,20H,8-9H2,1H3,(H4-,24,25,26,31,33,34,35,36)/p+1/b27-15+/t11?,16-,20-/m1/s1. The fourth-order valence-corrected chi connectivity index (χ4v) is 6.06. The lowest BCUT2D eigenvalue weighted by Crippen LogP contribution is -2.71. The highest BCUT2D eigenvalue weighted by atomic mass is 32.2. The van der Waals surface area contributed by atoms with Crippen LogP contribution in [0.25, 0.3) is 5.65 Å². The Morgan fingerprint density at radius 2 is 2.13 bits per heavy atom. The van der Waals surface area contributed by atoms with Crippen molar-refractivity contribution in [3.63, 3.8) is 0 Å². The van der Waals surface area contributed by atoms with E-state index in [2.05, 4.69) is 15.5 Å². The molecule has 0 aromatic carbocycles. The van der Waals surface area contributed by atoms with Crippen molar-refractivity contribution >= 4 is 63.3 Å². The van der Waals surface area contributed by atoms with Crippen LogP contribution in [0.1, 0.15) is 12.6 Å². The third-order valence-corrected chi connectivity index (χ3v) is 8.11. The molecular weight excluding hydrogens is 550 g/mol. The fraction of sp³-hybridized carbons (Fsp3) is 0.261. The molecule has 3 atom stereocenters. The number of hydrogen-bond donors (Lipinski definition) is 4. The van der Waals surface area contributed by atoms with Crippen LogP contribution in [0, 0.1) is 0 Å². The Bertz CT molecular complexity index is 1560. The molecule has 2 aliphatic heterocycles. The molecule has 0 radical (unpaired) electrons. The number of carboxylic acid groups (broad SMARTS) is 2. The number of anilines is 1. The van der Waals surface area contributed by atoms with Crippen LogP contribution in [0.5, 0.6) is 0 Å². The molecule has 0 bridgehead atoms. The lowest BCUT2D eigenvalue weighted by molar-refractivity contribution is -0.662. The molecule has 1 fully saturated rings. The van der Waals surface area contributed by atoms with Crippen LogP contribution in [0.4, 0.5) is 5.13 Å². The summed E-state index contributed by atoms with van der Waals surface area (Å²) < 4.78 is 3.79. The third kappa shape index (κ3) is 4.90. The van der Waals surface area contributed by atoms with Crippen molar-refractivity contribution in [3.8, 4) is 0 Å². The summed E-state index contributed by atoms with van der Waals surface area (Å²) in [5.41, 5.74) is 6.63. The van der Waals surface area contributed by atoms with Gasteiger partial charge in [-0.2, -0.15) is 0 Å². The molecule has 5 heterocycles. The highest BCUT2D eigenvalue weighted by Gasteiger charge is 2.54. The molecule has 3 aromatic heterocycles. The molecule has 16 heteroatoms. The van der Waals surface area contributed by atoms with Crippen molar-refractivity contribution in [1.29, 1.82) is 0 Å². The molecule has 39 heavy (non-hydrogen) atoms. The second-order valence-electron chi connectivity index (χ2n) is 8.61. The number of oxime groups is 1. The van der Waals surface area contributed by atoms with Gasteiger partial charge in [-0.25, -0.2) is 23.5 Å². The number of nitrogens with one attached hydrogen (secondary N) is 1. The topological polar surface area (TPSA) is 193 Å². The Labute approximate surface area is 228 Å². The first-order valence-corrected chi connectivity index (χ1v) is 13.4. The summed E-state index contributed by atoms with van der Waals surface area (Å²) in [7, 11) is 0. The van der Waals surface area contributed by atoms with Crippen molar-refractivity contribution in [1.82, 2.24) is 19.6 Å². The average Bonchev–Trinajstić information content (AvgIpc) is 3.52. The average molecular weight is 573 g/mol. The molecule has 0 saturated carbocycles. The first-order valence-electron chi connectivity index (χ1n) is 11.5. The normalized spacial score (nSPS) is 19.9. The molecule has 1 unspecified atom stereocenters. The number of thiazole rings is 1. The van der Waals surface area contributed by atoms with E-state index >= 15 is 0 Å². The lowest BCUT2D eigenvalue weighted by atomic mass is 10.0. The van der Waals surface area contributed by atoms with Gasteiger partial charge in [0.15, 0.2) is 10.8 Å². The van der Waals surface area contributed by atoms with E-state index in [4.69, 9.17) is 15.7 Å². The number of nitrogen functional groups attached to an aromatic ring is 1. The Kier molecular flexibility index (Phi) is 6.96. The minimum absolute atomic E-state index is 0.0396. The van der Waals surface area contributed by atoms with Crippen molar-refractivity contribution in [3.05, 3.63) is 59.1 Å². The molecule has 1 saturated heterocycles. The van der Waals surface area contributed by atoms with E-state index in [-0.39, 0.29) is 28.8 Å². The molecule has 202 valence electrons. The largest absolute Gasteiger partial charge is 0.478 e. The number of carbonyl (C=O) groups excluding carboxylic acids is 2. The molecule has 0 spiro atoms. The van der Waals surface area contributed by atoms with Gasteiger partial charge in [0.25, 0.3) is 17.5 Å². The van der Waals surface area contributed by atoms with Crippen LogP contribution < -0.4 is 15.6 Å². The first-order chi connectivity index (χ1) is 18.7. The van der Waals surface area contributed by atoms with Gasteiger partial charge < -0.3 is 26.1 Å². The molecule has 2 aliphatic rings. The monoisotopic (exact) mass is 572 g/mol. The number of carboxylic acids is 2. The quantitative estimate of drug-likeness (QED) is 0.116. The summed E-state index contributed by atoms with van der Waals surface area (Å²) in [4.78, 5) is 59.7. The zero-order valence-electron chi connectivity index (χ0n) is 20.3. The summed E-state index contributed by atoms with van der Waals surface area (Å²) >= 11 is 2.36. The van der Waals surface area contributed by atoms with E-state index in [0.29, 0.717) is 11.3 Å². The van der Waals surface area contributed by atoms with Gasteiger partial charge in [-0.05, 0) is 13.0 Å². The number of amides is 2. The highest BCUT2D eigenvalue weighted by molar-refractivity contribution is 8.00. The number of nitrogens with two attached hydrogens (primary N) is 1. The predicted molar refractivity (Wildman–Crippen MR) is 139 cm³/mol. The van der Waals surface area contributed by atoms with Gasteiger partial charge >= 0.3 is 11.9 Å². The molecule has 2 amide bonds. The van der Waals surface area contributed by atoms with Gasteiger partial charge in [-0.1, -0.05) is 11.2 Å². The minimum Gasteiger partial charge on any atom is -0.478 e. The zero-order valence-corrected chi connectivity index (χ0v) is 21.9. The van der Waals surface area contributed by atoms with Gasteiger partial charge in [0, 0.05) is 22.8 Å². The van der Waals surface area contributed by atoms with E-state index in [9.17, 15) is 24.3 Å². The molecule has 5 N–H and O–H groups in total. The van der Waals surface area contributed by atoms with Gasteiger partial charge in [0.1, 0.15) is 41.7 Å². The summed E-state index contributed by atoms with van der Waals surface area (Å²) in [5, 5.41) is 26.2. The first kappa shape index (κ1) is 26.2. The fourth-order valence-electron chi connectivity index (χ4n) is 4.18. The summed E-state index contributed by atoms with van der Waals surface area (Å²) in [6, 6.07) is 4.61. The summed E-state index contributed by atoms with van der Waals surface area (Å²) in [5.74, 6) is -3.66. The van der Waals surface area contributed by atoms with Crippen LogP contribution in [0.3, 0.4) is 0 Å². The Hall–Kier alpha value is -4.44. The number of aromatic nitrogens is 3. The third-order valence-electron chi connectivity index (χ3n) is 6.10. The maximum Gasteiger partial charge on any atom is 0.352 e. The van der Waals surface area contributed by atoms with Crippen LogP contribution >= 0.6 is 23.1 Å². The van der Waals surface area contributed by atoms with E-state index in [0.717, 1.165) is 17.0 Å². The van der Waals surface area contributed by atoms with E-state index in [1.807, 2.05) is 45.8 Å². The van der Waals surface area contributed by atoms with Gasteiger partial charge in [-0.15, -0.1) is 23.1 Å². The maximum absolute atomic E-state index is 13.1. The van der Waals surface area contributed by atoms with Crippen LogP contribution in [-0.4, -0.2) is 77.2 Å². The predicted octanol–water partition coefficient (Wildman–Crippen LogP) is -0.102. The maximum atomic E-state index is 13.1. The second kappa shape index (κ2) is 10.4. The van der Waals surface area contributed by atoms with Crippen molar-refractivity contribution in [2.75, 3.05) is 11.5 Å². The molecular formula is C23H22N7O7S2+. The van der Waals surface area contributed by atoms with Crippen LogP contribution in [0.2, 0.25) is 0 Å². The highest BCUT2D eigenvalue weighted by Crippen LogP contribution is 2.40. The SMILES string of the molecule is CC(O/N=C(/C(=O)N[C@@H]1C(=O)N2C(C(=O)O)=C(C[n+]3ccn4ccccc43)CS[C@H]12)c1csc(N)n1)C(=O)O. The number of fused-ring (bicyclic) bond motifs is 2. The summed E-state index contributed by atoms with van der Waals surface area (Å²) in [6.07, 6.45) is 4.21. The molecule has 5 rings (SSSR count). The number of aliphatic carboxylic acids is 2. The summed E-state index contributed by atoms with van der Waals surface area (Å²) in [6.45, 7) is 1.50. The van der Waals surface area contributed by atoms with Gasteiger partial charge in [0.2, 0.25) is 6.10 Å². The number of imidazole rings is 1. The number of rotatable bonds is 9. The lowest BCUT2D eigenvalue weighted by Gasteiger charge is -2.49. The van der Waals surface area contributed by atoms with Crippen LogP contribution in [-0.2, 0) is 30.6 Å². The Balaban J connectivity index is 1.36. The smallest absolute Gasteiger partial charge is 0.352 e. The number of carbonyl (C=O) groups is 4. The molecule has 0 aliphatic carbocycles. The number of nitrogens with zero attached hydrogens (tertiary/aromatic N) is 5. The van der Waals surface area contributed by atoms with E-state index in [1.54, 1.807) is 0 Å². The second-order valence-corrected chi connectivity index (χ2v) is 10.6. The molecule has 3 aromatic rings. The number of β-lactam (4-membered cyclic amide) rings is 1. The van der Waals surface area contributed by atoms with Gasteiger partial charge in [-0.3, -0.25) is 14.5 Å². The van der Waals surface area contributed by atoms with Gasteiger partial charge in [0.05, 0.1) is 6.20 Å². The van der Waals surface area contributed by atoms with Crippen LogP contribution in [0.15, 0.2) is 58.6 Å². The van der Waals surface area contributed by atoms with Crippen molar-refractivity contribution in [2.24, 2.45) is 5.16 Å². The number of thioether (sulfide) groups is 1. The number of hydrogen-bond acceptors (Lipinski definition) is 10. The number of pyridine rings is 1. The van der Waals surface area contributed by atoms with E-state index < -0.39 is 41.3 Å². The zero-order chi connectivity index (χ0) is 27.8.